The Labute approximate surface area is 110 Å². The van der Waals surface area contributed by atoms with E-state index < -0.39 is 0 Å². The number of hydrogen-bond acceptors (Lipinski definition) is 3. The molecular weight excluding hydrogens is 238 g/mol. The molecular formula is C15H13N3O. The number of fused-ring (bicyclic) bond motifs is 1. The molecule has 0 spiro atoms. The Morgan fingerprint density at radius 2 is 2.05 bits per heavy atom. The lowest BCUT2D eigenvalue weighted by atomic mass is 9.95. The Hall–Kier alpha value is -2.62. The van der Waals surface area contributed by atoms with E-state index in [4.69, 9.17) is 0 Å². The summed E-state index contributed by atoms with van der Waals surface area (Å²) < 4.78 is 0. The van der Waals surface area contributed by atoms with Crippen LogP contribution in [-0.2, 0) is 6.42 Å². The fourth-order valence-corrected chi connectivity index (χ4v) is 2.28. The van der Waals surface area contributed by atoms with Crippen molar-refractivity contribution in [2.45, 2.75) is 6.42 Å². The summed E-state index contributed by atoms with van der Waals surface area (Å²) in [7, 11) is 0. The number of phenols is 1. The lowest BCUT2D eigenvalue weighted by Gasteiger charge is -2.11. The predicted octanol–water partition coefficient (Wildman–Crippen LogP) is 3.06. The van der Waals surface area contributed by atoms with Crippen LogP contribution in [0.5, 0.6) is 5.75 Å². The molecule has 4 heteroatoms. The average Bonchev–Trinajstić information content (AvgIpc) is 2.88. The second-order valence-corrected chi connectivity index (χ2v) is 4.32. The molecule has 0 bridgehead atoms. The molecule has 0 saturated heterocycles. The molecule has 94 valence electrons. The first-order valence-electron chi connectivity index (χ1n) is 6.03. The van der Waals surface area contributed by atoms with Crippen LogP contribution in [0.3, 0.4) is 0 Å². The summed E-state index contributed by atoms with van der Waals surface area (Å²) in [4.78, 5) is 0. The maximum absolute atomic E-state index is 10.2. The minimum Gasteiger partial charge on any atom is -0.508 e. The van der Waals surface area contributed by atoms with Gasteiger partial charge in [0.1, 0.15) is 11.3 Å². The van der Waals surface area contributed by atoms with Crippen molar-refractivity contribution >= 4 is 11.0 Å². The van der Waals surface area contributed by atoms with E-state index >= 15 is 0 Å². The van der Waals surface area contributed by atoms with E-state index in [2.05, 4.69) is 22.0 Å². The predicted molar refractivity (Wildman–Crippen MR) is 74.9 cm³/mol. The lowest BCUT2D eigenvalue weighted by Crippen LogP contribution is -1.91. The molecule has 2 N–H and O–H groups in total. The van der Waals surface area contributed by atoms with Gasteiger partial charge in [0.2, 0.25) is 0 Å². The molecule has 2 aromatic carbocycles. The Balaban J connectivity index is 2.38. The second kappa shape index (κ2) is 4.57. The van der Waals surface area contributed by atoms with Crippen molar-refractivity contribution in [1.29, 1.82) is 0 Å². The minimum atomic E-state index is 0.234. The van der Waals surface area contributed by atoms with Crippen molar-refractivity contribution in [2.75, 3.05) is 0 Å². The zero-order chi connectivity index (χ0) is 13.2. The largest absolute Gasteiger partial charge is 0.508 e. The van der Waals surface area contributed by atoms with E-state index in [9.17, 15) is 5.11 Å². The number of nitrogens with zero attached hydrogens (tertiary/aromatic N) is 2. The molecule has 1 aromatic heterocycles. The lowest BCUT2D eigenvalue weighted by molar-refractivity contribution is 0.471. The normalized spacial score (nSPS) is 10.7. The van der Waals surface area contributed by atoms with Gasteiger partial charge in [-0.25, -0.2) is 0 Å². The number of aromatic hydroxyl groups is 1. The number of hydrogen-bond donors (Lipinski definition) is 2. The van der Waals surface area contributed by atoms with Gasteiger partial charge in [0.05, 0.1) is 5.52 Å². The van der Waals surface area contributed by atoms with Gasteiger partial charge in [0.25, 0.3) is 0 Å². The van der Waals surface area contributed by atoms with Gasteiger partial charge in [-0.15, -0.1) is 11.7 Å². The van der Waals surface area contributed by atoms with Gasteiger partial charge in [-0.1, -0.05) is 41.6 Å². The third-order valence-electron chi connectivity index (χ3n) is 3.12. The number of aromatic amines is 1. The highest BCUT2D eigenvalue weighted by Crippen LogP contribution is 2.36. The van der Waals surface area contributed by atoms with E-state index in [0.717, 1.165) is 27.7 Å². The van der Waals surface area contributed by atoms with Gasteiger partial charge in [0, 0.05) is 17.2 Å². The molecule has 0 radical (unpaired) electrons. The number of phenolic OH excluding ortho intramolecular Hbond substituents is 1. The summed E-state index contributed by atoms with van der Waals surface area (Å²) in [5.74, 6) is 0.234. The number of aromatic nitrogens is 3. The molecule has 0 amide bonds. The molecule has 0 saturated carbocycles. The van der Waals surface area contributed by atoms with Gasteiger partial charge in [-0.05, 0) is 12.0 Å². The van der Waals surface area contributed by atoms with Crippen LogP contribution in [-0.4, -0.2) is 20.5 Å². The number of allylic oxidation sites excluding steroid dienone is 1. The number of H-pyrrole nitrogens is 1. The van der Waals surface area contributed by atoms with Crippen LogP contribution >= 0.6 is 0 Å². The molecule has 3 rings (SSSR count). The smallest absolute Gasteiger partial charge is 0.121 e. The van der Waals surface area contributed by atoms with Crippen LogP contribution in [0, 0.1) is 0 Å². The van der Waals surface area contributed by atoms with Crippen LogP contribution in [0.2, 0.25) is 0 Å². The van der Waals surface area contributed by atoms with Crippen molar-refractivity contribution in [3.05, 3.63) is 54.6 Å². The fraction of sp³-hybridized carbons (Fsp3) is 0.0667. The SMILES string of the molecule is C=CCc1c(O)cc2[nH]nnc2c1-c1ccccc1. The van der Waals surface area contributed by atoms with Crippen molar-refractivity contribution in [1.82, 2.24) is 15.4 Å². The Bertz CT molecular complexity index is 732. The molecule has 0 atom stereocenters. The summed E-state index contributed by atoms with van der Waals surface area (Å²) in [5.41, 5.74) is 4.23. The standard InChI is InChI=1S/C15H13N3O/c1-2-6-11-13(19)9-12-15(17-18-16-12)14(11)10-7-4-3-5-8-10/h2-5,7-9,19H,1,6H2,(H,16,17,18). The first kappa shape index (κ1) is 11.5. The number of benzene rings is 2. The molecule has 0 aliphatic rings. The van der Waals surface area contributed by atoms with Crippen LogP contribution in [0.4, 0.5) is 0 Å². The molecule has 1 heterocycles. The zero-order valence-electron chi connectivity index (χ0n) is 10.3. The van der Waals surface area contributed by atoms with Gasteiger partial charge >= 0.3 is 0 Å². The maximum atomic E-state index is 10.2. The molecule has 0 unspecified atom stereocenters. The summed E-state index contributed by atoms with van der Waals surface area (Å²) in [6.45, 7) is 3.74. The van der Waals surface area contributed by atoms with Gasteiger partial charge < -0.3 is 5.11 Å². The highest BCUT2D eigenvalue weighted by atomic mass is 16.3. The zero-order valence-corrected chi connectivity index (χ0v) is 10.3. The second-order valence-electron chi connectivity index (χ2n) is 4.32. The van der Waals surface area contributed by atoms with Gasteiger partial charge in [-0.2, -0.15) is 0 Å². The summed E-state index contributed by atoms with van der Waals surface area (Å²) in [6, 6.07) is 11.5. The summed E-state index contributed by atoms with van der Waals surface area (Å²) in [6.07, 6.45) is 2.35. The average molecular weight is 251 g/mol. The topological polar surface area (TPSA) is 61.8 Å². The number of rotatable bonds is 3. The monoisotopic (exact) mass is 251 g/mol. The first-order chi connectivity index (χ1) is 9.31. The fourth-order valence-electron chi connectivity index (χ4n) is 2.28. The first-order valence-corrected chi connectivity index (χ1v) is 6.03. The molecule has 4 nitrogen and oxygen atoms in total. The summed E-state index contributed by atoms with van der Waals surface area (Å²) in [5, 5.41) is 20.9. The van der Waals surface area contributed by atoms with E-state index in [1.54, 1.807) is 12.1 Å². The Morgan fingerprint density at radius 1 is 1.26 bits per heavy atom. The van der Waals surface area contributed by atoms with Crippen molar-refractivity contribution in [3.8, 4) is 16.9 Å². The third-order valence-corrected chi connectivity index (χ3v) is 3.12. The van der Waals surface area contributed by atoms with Crippen LogP contribution in [0.25, 0.3) is 22.2 Å². The van der Waals surface area contributed by atoms with Crippen molar-refractivity contribution < 1.29 is 5.11 Å². The third kappa shape index (κ3) is 1.87. The quantitative estimate of drug-likeness (QED) is 0.703. The molecule has 0 fully saturated rings. The van der Waals surface area contributed by atoms with Gasteiger partial charge in [-0.3, -0.25) is 5.10 Å². The highest BCUT2D eigenvalue weighted by molar-refractivity contribution is 5.95. The van der Waals surface area contributed by atoms with Crippen LogP contribution in [0.1, 0.15) is 5.56 Å². The molecule has 0 aliphatic heterocycles. The Morgan fingerprint density at radius 3 is 2.79 bits per heavy atom. The maximum Gasteiger partial charge on any atom is 0.121 e. The minimum absolute atomic E-state index is 0.234. The van der Waals surface area contributed by atoms with Crippen molar-refractivity contribution in [3.63, 3.8) is 0 Å². The van der Waals surface area contributed by atoms with Gasteiger partial charge in [0.15, 0.2) is 0 Å². The molecule has 19 heavy (non-hydrogen) atoms. The molecule has 0 aliphatic carbocycles. The van der Waals surface area contributed by atoms with E-state index in [-0.39, 0.29) is 5.75 Å². The number of nitrogens with one attached hydrogen (secondary N) is 1. The Kier molecular flexibility index (Phi) is 2.76. The molecule has 3 aromatic rings. The van der Waals surface area contributed by atoms with Crippen LogP contribution < -0.4 is 0 Å². The van der Waals surface area contributed by atoms with E-state index in [0.29, 0.717) is 6.42 Å². The summed E-state index contributed by atoms with van der Waals surface area (Å²) >= 11 is 0. The van der Waals surface area contributed by atoms with Crippen LogP contribution in [0.15, 0.2) is 49.1 Å². The van der Waals surface area contributed by atoms with Crippen molar-refractivity contribution in [2.24, 2.45) is 0 Å². The van der Waals surface area contributed by atoms with E-state index in [1.165, 1.54) is 0 Å². The van der Waals surface area contributed by atoms with E-state index in [1.807, 2.05) is 30.3 Å². The highest BCUT2D eigenvalue weighted by Gasteiger charge is 2.16.